The zero-order valence-corrected chi connectivity index (χ0v) is 15.7. The van der Waals surface area contributed by atoms with Crippen molar-refractivity contribution in [2.45, 2.75) is 18.9 Å². The maximum absolute atomic E-state index is 11.5. The molecular weight excluding hydrogens is 360 g/mol. The number of hydrogen-bond donors (Lipinski definition) is 1. The maximum atomic E-state index is 11.5. The van der Waals surface area contributed by atoms with Gasteiger partial charge in [-0.3, -0.25) is 4.79 Å². The van der Waals surface area contributed by atoms with Crippen LogP contribution in [0.3, 0.4) is 0 Å². The molecule has 5 nitrogen and oxygen atoms in total. The molecule has 24 heavy (non-hydrogen) atoms. The fraction of sp³-hybridized carbons (Fsp3) is 0.250. The summed E-state index contributed by atoms with van der Waals surface area (Å²) in [6.07, 6.45) is 0. The second kappa shape index (κ2) is 7.87. The van der Waals surface area contributed by atoms with E-state index in [1.165, 1.54) is 11.8 Å². The van der Waals surface area contributed by atoms with Gasteiger partial charge in [0.1, 0.15) is 15.7 Å². The Morgan fingerprint density at radius 2 is 2.17 bits per heavy atom. The zero-order valence-electron chi connectivity index (χ0n) is 13.3. The van der Waals surface area contributed by atoms with Gasteiger partial charge in [-0.2, -0.15) is 0 Å². The Kier molecular flexibility index (Phi) is 5.60. The summed E-state index contributed by atoms with van der Waals surface area (Å²) in [6, 6.07) is 7.93. The van der Waals surface area contributed by atoms with Gasteiger partial charge in [-0.05, 0) is 37.4 Å². The van der Waals surface area contributed by atoms with E-state index in [2.05, 4.69) is 26.6 Å². The van der Waals surface area contributed by atoms with Gasteiger partial charge in [0.05, 0.1) is 21.2 Å². The first kappa shape index (κ1) is 17.1. The van der Waals surface area contributed by atoms with Crippen molar-refractivity contribution in [1.29, 1.82) is 0 Å². The van der Waals surface area contributed by atoms with E-state index in [0.717, 1.165) is 31.2 Å². The smallest absolute Gasteiger partial charge is 0.230 e. The molecule has 1 amide bonds. The highest BCUT2D eigenvalue weighted by Crippen LogP contribution is 2.36. The Balaban J connectivity index is 1.73. The van der Waals surface area contributed by atoms with Gasteiger partial charge in [-0.15, -0.1) is 32.9 Å². The van der Waals surface area contributed by atoms with Gasteiger partial charge < -0.3 is 5.32 Å². The van der Waals surface area contributed by atoms with Crippen LogP contribution in [0.15, 0.2) is 34.7 Å². The van der Waals surface area contributed by atoms with Crippen LogP contribution in [-0.2, 0) is 4.79 Å². The minimum atomic E-state index is 0.00673. The van der Waals surface area contributed by atoms with E-state index in [1.807, 2.05) is 37.4 Å². The number of thioether (sulfide) groups is 1. The van der Waals surface area contributed by atoms with Crippen molar-refractivity contribution in [3.05, 3.63) is 35.3 Å². The number of amides is 1. The van der Waals surface area contributed by atoms with E-state index in [9.17, 15) is 4.79 Å². The predicted molar refractivity (Wildman–Crippen MR) is 101 cm³/mol. The summed E-state index contributed by atoms with van der Waals surface area (Å²) in [5.74, 6) is 0.358. The van der Waals surface area contributed by atoms with E-state index < -0.39 is 0 Å². The van der Waals surface area contributed by atoms with Crippen molar-refractivity contribution in [2.24, 2.45) is 0 Å². The number of thiazole rings is 1. The molecule has 0 saturated carbocycles. The molecule has 0 fully saturated rings. The molecule has 3 aromatic rings. The molecule has 0 aliphatic heterocycles. The molecule has 3 aromatic heterocycles. The van der Waals surface area contributed by atoms with Crippen LogP contribution in [-0.4, -0.2) is 33.4 Å². The fourth-order valence-electron chi connectivity index (χ4n) is 2.05. The van der Waals surface area contributed by atoms with E-state index in [-0.39, 0.29) is 5.91 Å². The highest BCUT2D eigenvalue weighted by atomic mass is 32.2. The molecule has 3 heterocycles. The molecule has 0 bridgehead atoms. The lowest BCUT2D eigenvalue weighted by molar-refractivity contribution is -0.118. The molecule has 0 radical (unpaired) electrons. The SMILES string of the molecule is CCNC(=O)CSc1ccc(-c2sc(-c3cccs3)nc2C)nn1. The number of aromatic nitrogens is 3. The highest BCUT2D eigenvalue weighted by molar-refractivity contribution is 7.99. The highest BCUT2D eigenvalue weighted by Gasteiger charge is 2.13. The predicted octanol–water partition coefficient (Wildman–Crippen LogP) is 3.87. The quantitative estimate of drug-likeness (QED) is 0.662. The Morgan fingerprint density at radius 3 is 2.83 bits per heavy atom. The lowest BCUT2D eigenvalue weighted by Crippen LogP contribution is -2.24. The van der Waals surface area contributed by atoms with Crippen LogP contribution in [0.4, 0.5) is 0 Å². The molecule has 0 atom stereocenters. The summed E-state index contributed by atoms with van der Waals surface area (Å²) in [7, 11) is 0. The molecule has 0 aliphatic rings. The first-order chi connectivity index (χ1) is 11.7. The second-order valence-corrected chi connectivity index (χ2v) is 7.85. The van der Waals surface area contributed by atoms with E-state index in [1.54, 1.807) is 22.7 Å². The van der Waals surface area contributed by atoms with Gasteiger partial charge in [0.25, 0.3) is 0 Å². The van der Waals surface area contributed by atoms with E-state index in [0.29, 0.717) is 12.3 Å². The summed E-state index contributed by atoms with van der Waals surface area (Å²) in [4.78, 5) is 18.3. The monoisotopic (exact) mass is 376 g/mol. The van der Waals surface area contributed by atoms with Gasteiger partial charge in [-0.25, -0.2) is 4.98 Å². The van der Waals surface area contributed by atoms with Gasteiger partial charge in [0, 0.05) is 6.54 Å². The van der Waals surface area contributed by atoms with Crippen LogP contribution < -0.4 is 5.32 Å². The van der Waals surface area contributed by atoms with Gasteiger partial charge in [-0.1, -0.05) is 17.8 Å². The molecule has 0 unspecified atom stereocenters. The molecule has 1 N–H and O–H groups in total. The summed E-state index contributed by atoms with van der Waals surface area (Å²) in [5, 5.41) is 15.1. The van der Waals surface area contributed by atoms with Crippen LogP contribution in [0, 0.1) is 6.92 Å². The Labute approximate surface area is 152 Å². The normalized spacial score (nSPS) is 10.8. The zero-order chi connectivity index (χ0) is 16.9. The third-order valence-electron chi connectivity index (χ3n) is 3.13. The van der Waals surface area contributed by atoms with Crippen LogP contribution in [0.5, 0.6) is 0 Å². The standard InChI is InChI=1S/C16H16N4OS3/c1-3-17-13(21)9-23-14-7-6-11(19-20-14)15-10(2)18-16(24-15)12-5-4-8-22-12/h4-8H,3,9H2,1-2H3,(H,17,21). The Bertz CT molecular complexity index is 812. The van der Waals surface area contributed by atoms with Crippen molar-refractivity contribution in [3.63, 3.8) is 0 Å². The average molecular weight is 377 g/mol. The second-order valence-electron chi connectivity index (χ2n) is 4.91. The summed E-state index contributed by atoms with van der Waals surface area (Å²) >= 11 is 4.69. The molecule has 8 heteroatoms. The van der Waals surface area contributed by atoms with Gasteiger partial charge in [0.15, 0.2) is 0 Å². The Hall–Kier alpha value is -1.77. The fourth-order valence-corrected chi connectivity index (χ4v) is 4.52. The van der Waals surface area contributed by atoms with Crippen LogP contribution in [0.2, 0.25) is 0 Å². The van der Waals surface area contributed by atoms with Crippen molar-refractivity contribution in [1.82, 2.24) is 20.5 Å². The first-order valence-corrected chi connectivity index (χ1v) is 10.1. The van der Waals surface area contributed by atoms with E-state index in [4.69, 9.17) is 0 Å². The van der Waals surface area contributed by atoms with Crippen molar-refractivity contribution in [3.8, 4) is 20.5 Å². The minimum absolute atomic E-state index is 0.00673. The number of rotatable bonds is 6. The largest absolute Gasteiger partial charge is 0.356 e. The minimum Gasteiger partial charge on any atom is -0.356 e. The van der Waals surface area contributed by atoms with Gasteiger partial charge >= 0.3 is 0 Å². The molecular formula is C16H16N4OS3. The molecule has 3 rings (SSSR count). The number of nitrogens with one attached hydrogen (secondary N) is 1. The topological polar surface area (TPSA) is 67.8 Å². The molecule has 0 saturated heterocycles. The van der Waals surface area contributed by atoms with Gasteiger partial charge in [0.2, 0.25) is 5.91 Å². The third-order valence-corrected chi connectivity index (χ3v) is 6.27. The van der Waals surface area contributed by atoms with Crippen LogP contribution in [0.1, 0.15) is 12.6 Å². The molecule has 124 valence electrons. The average Bonchev–Trinajstić information content (AvgIpc) is 3.23. The van der Waals surface area contributed by atoms with Crippen LogP contribution in [0.25, 0.3) is 20.5 Å². The summed E-state index contributed by atoms with van der Waals surface area (Å²) < 4.78 is 0. The summed E-state index contributed by atoms with van der Waals surface area (Å²) in [5.41, 5.74) is 1.77. The number of carbonyl (C=O) groups excluding carboxylic acids is 1. The first-order valence-electron chi connectivity index (χ1n) is 7.42. The molecule has 0 aromatic carbocycles. The molecule has 0 aliphatic carbocycles. The lowest BCUT2D eigenvalue weighted by Gasteiger charge is -2.02. The third kappa shape index (κ3) is 4.00. The number of aryl methyl sites for hydroxylation is 1. The van der Waals surface area contributed by atoms with Crippen molar-refractivity contribution in [2.75, 3.05) is 12.3 Å². The van der Waals surface area contributed by atoms with Crippen LogP contribution >= 0.6 is 34.4 Å². The molecule has 0 spiro atoms. The van der Waals surface area contributed by atoms with Crippen molar-refractivity contribution >= 4 is 40.3 Å². The Morgan fingerprint density at radius 1 is 1.29 bits per heavy atom. The lowest BCUT2D eigenvalue weighted by atomic mass is 10.3. The summed E-state index contributed by atoms with van der Waals surface area (Å²) in [6.45, 7) is 4.53. The number of nitrogens with zero attached hydrogens (tertiary/aromatic N) is 3. The maximum Gasteiger partial charge on any atom is 0.230 e. The number of hydrogen-bond acceptors (Lipinski definition) is 7. The van der Waals surface area contributed by atoms with Crippen molar-refractivity contribution < 1.29 is 4.79 Å². The van der Waals surface area contributed by atoms with E-state index >= 15 is 0 Å². The number of carbonyl (C=O) groups is 1. The number of thiophene rings is 1.